The highest BCUT2D eigenvalue weighted by Gasteiger charge is 2.26. The van der Waals surface area contributed by atoms with Crippen LogP contribution in [0.3, 0.4) is 0 Å². The Labute approximate surface area is 234 Å². The molecule has 4 rings (SSSR count). The van der Waals surface area contributed by atoms with Gasteiger partial charge in [0, 0.05) is 41.3 Å². The molecule has 39 heavy (non-hydrogen) atoms. The van der Waals surface area contributed by atoms with E-state index in [-0.39, 0.29) is 10.9 Å². The minimum Gasteiger partial charge on any atom is -0.388 e. The van der Waals surface area contributed by atoms with Crippen molar-refractivity contribution in [2.24, 2.45) is 0 Å². The van der Waals surface area contributed by atoms with Crippen molar-refractivity contribution in [3.63, 3.8) is 0 Å². The van der Waals surface area contributed by atoms with Gasteiger partial charge in [-0.3, -0.25) is 0 Å². The monoisotopic (exact) mass is 563 g/mol. The number of sulfonamides is 1. The van der Waals surface area contributed by atoms with E-state index in [1.165, 1.54) is 17.4 Å². The zero-order valence-corrected chi connectivity index (χ0v) is 24.2. The average Bonchev–Trinajstić information content (AvgIpc) is 3.38. The molecule has 1 aromatic heterocycles. The number of amides is 2. The molecule has 0 aliphatic heterocycles. The largest absolute Gasteiger partial charge is 0.388 e. The predicted octanol–water partition coefficient (Wildman–Crippen LogP) is 6.48. The summed E-state index contributed by atoms with van der Waals surface area (Å²) in [6, 6.07) is 21.7. The molecule has 0 saturated heterocycles. The number of nitrogens with zero attached hydrogens (tertiary/aromatic N) is 1. The summed E-state index contributed by atoms with van der Waals surface area (Å²) in [7, 11) is -2.08. The molecular weight excluding hydrogens is 530 g/mol. The molecule has 0 spiro atoms. The lowest BCUT2D eigenvalue weighted by atomic mass is 10.1. The lowest BCUT2D eigenvalue weighted by Crippen LogP contribution is -2.40. The fourth-order valence-electron chi connectivity index (χ4n) is 3.98. The number of aromatic nitrogens is 1. The molecule has 8 nitrogen and oxygen atoms in total. The number of thiazole rings is 1. The van der Waals surface area contributed by atoms with Crippen molar-refractivity contribution in [2.45, 2.75) is 44.2 Å². The summed E-state index contributed by atoms with van der Waals surface area (Å²) in [4.78, 5) is 18.1. The minimum atomic E-state index is -3.94. The van der Waals surface area contributed by atoms with Gasteiger partial charge in [-0.15, -0.1) is 11.3 Å². The Hall–Kier alpha value is -3.73. The molecule has 0 aliphatic rings. The Kier molecular flexibility index (Phi) is 8.39. The predicted molar refractivity (Wildman–Crippen MR) is 160 cm³/mol. The van der Waals surface area contributed by atoms with Crippen LogP contribution >= 0.6 is 11.3 Å². The number of carbonyl (C=O) groups excluding carboxylic acids is 1. The van der Waals surface area contributed by atoms with Crippen molar-refractivity contribution in [2.75, 3.05) is 17.7 Å². The molecule has 0 radical (unpaired) electrons. The van der Waals surface area contributed by atoms with Crippen LogP contribution < -0.4 is 20.7 Å². The maximum absolute atomic E-state index is 13.5. The summed E-state index contributed by atoms with van der Waals surface area (Å²) < 4.78 is 29.8. The first kappa shape index (κ1) is 28.3. The van der Waals surface area contributed by atoms with Gasteiger partial charge in [0.05, 0.1) is 15.8 Å². The molecule has 0 fully saturated rings. The van der Waals surface area contributed by atoms with E-state index in [1.807, 2.05) is 68.6 Å². The molecule has 4 N–H and O–H groups in total. The van der Waals surface area contributed by atoms with Crippen molar-refractivity contribution < 1.29 is 13.2 Å². The standard InChI is InChI=1S/C29H33N5O3S2/c1-19(20-9-7-6-8-10-20)32-28(35)33-23-15-16-24(26(17-23)39(36,37)34-29(2,3)4)25-18-31-27(38-25)21-11-13-22(30-5)14-12-21/h6-19,30,34H,1-5H3,(H2,32,33,35). The Morgan fingerprint density at radius 2 is 1.62 bits per heavy atom. The van der Waals surface area contributed by atoms with Crippen molar-refractivity contribution in [1.29, 1.82) is 0 Å². The molecule has 0 bridgehead atoms. The van der Waals surface area contributed by atoms with Gasteiger partial charge < -0.3 is 16.0 Å². The molecule has 1 heterocycles. The highest BCUT2D eigenvalue weighted by Crippen LogP contribution is 2.37. The fourth-order valence-corrected chi connectivity index (χ4v) is 6.68. The quantitative estimate of drug-likeness (QED) is 0.196. The number of anilines is 2. The van der Waals surface area contributed by atoms with Crippen LogP contribution in [-0.2, 0) is 10.0 Å². The van der Waals surface area contributed by atoms with Crippen molar-refractivity contribution in [1.82, 2.24) is 15.0 Å². The minimum absolute atomic E-state index is 0.0621. The number of hydrogen-bond donors (Lipinski definition) is 4. The smallest absolute Gasteiger partial charge is 0.319 e. The van der Waals surface area contributed by atoms with Gasteiger partial charge in [-0.2, -0.15) is 0 Å². The van der Waals surface area contributed by atoms with Gasteiger partial charge in [0.1, 0.15) is 5.01 Å². The fraction of sp³-hybridized carbons (Fsp3) is 0.241. The number of carbonyl (C=O) groups is 1. The van der Waals surface area contributed by atoms with Gasteiger partial charge in [-0.1, -0.05) is 36.4 Å². The molecule has 2 amide bonds. The molecule has 204 valence electrons. The van der Waals surface area contributed by atoms with Crippen molar-refractivity contribution >= 4 is 38.8 Å². The van der Waals surface area contributed by atoms with E-state index in [2.05, 4.69) is 25.7 Å². The maximum Gasteiger partial charge on any atom is 0.319 e. The zero-order valence-electron chi connectivity index (χ0n) is 22.6. The van der Waals surface area contributed by atoms with Crippen LogP contribution in [0.2, 0.25) is 0 Å². The van der Waals surface area contributed by atoms with Crippen molar-refractivity contribution in [3.05, 3.63) is 84.6 Å². The second-order valence-corrected chi connectivity index (χ2v) is 12.8. The summed E-state index contributed by atoms with van der Waals surface area (Å²) in [6.07, 6.45) is 1.68. The maximum atomic E-state index is 13.5. The third-order valence-electron chi connectivity index (χ3n) is 5.81. The third kappa shape index (κ3) is 7.23. The number of rotatable bonds is 8. The molecule has 10 heteroatoms. The molecular formula is C29H33N5O3S2. The molecule has 1 atom stereocenters. The lowest BCUT2D eigenvalue weighted by Gasteiger charge is -2.22. The third-order valence-corrected chi connectivity index (χ3v) is 8.69. The summed E-state index contributed by atoms with van der Waals surface area (Å²) >= 11 is 1.40. The van der Waals surface area contributed by atoms with Crippen LogP contribution in [0.4, 0.5) is 16.2 Å². The first-order valence-electron chi connectivity index (χ1n) is 12.5. The summed E-state index contributed by atoms with van der Waals surface area (Å²) in [5.41, 5.74) is 3.05. The van der Waals surface area contributed by atoms with Crippen LogP contribution in [0.5, 0.6) is 0 Å². The van der Waals surface area contributed by atoms with Gasteiger partial charge in [0.25, 0.3) is 0 Å². The molecule has 3 aromatic carbocycles. The van der Waals surface area contributed by atoms with Crippen LogP contribution in [0, 0.1) is 0 Å². The Bertz CT molecular complexity index is 1540. The normalized spacial score (nSPS) is 12.5. The summed E-state index contributed by atoms with van der Waals surface area (Å²) in [5.74, 6) is 0. The van der Waals surface area contributed by atoms with E-state index in [0.717, 1.165) is 21.8 Å². The van der Waals surface area contributed by atoms with Gasteiger partial charge >= 0.3 is 6.03 Å². The lowest BCUT2D eigenvalue weighted by molar-refractivity contribution is 0.249. The highest BCUT2D eigenvalue weighted by atomic mass is 32.2. The molecule has 0 aliphatic carbocycles. The molecule has 4 aromatic rings. The van der Waals surface area contributed by atoms with Gasteiger partial charge in [0.15, 0.2) is 0 Å². The Morgan fingerprint density at radius 1 is 0.949 bits per heavy atom. The Morgan fingerprint density at radius 3 is 2.26 bits per heavy atom. The highest BCUT2D eigenvalue weighted by molar-refractivity contribution is 7.89. The van der Waals surface area contributed by atoms with Crippen LogP contribution in [0.1, 0.15) is 39.3 Å². The summed E-state index contributed by atoms with van der Waals surface area (Å²) in [6.45, 7) is 7.23. The Balaban J connectivity index is 1.65. The van der Waals surface area contributed by atoms with E-state index in [1.54, 1.807) is 39.1 Å². The topological polar surface area (TPSA) is 112 Å². The molecule has 1 unspecified atom stereocenters. The molecule has 0 saturated carbocycles. The van der Waals surface area contributed by atoms with Gasteiger partial charge in [0.2, 0.25) is 10.0 Å². The first-order valence-corrected chi connectivity index (χ1v) is 14.8. The van der Waals surface area contributed by atoms with Crippen molar-refractivity contribution in [3.8, 4) is 21.0 Å². The number of benzene rings is 3. The van der Waals surface area contributed by atoms with Gasteiger partial charge in [-0.05, 0) is 69.7 Å². The SMILES string of the molecule is CNc1ccc(-c2ncc(-c3ccc(NC(=O)NC(C)c4ccccc4)cc3S(=O)(=O)NC(C)(C)C)s2)cc1. The number of urea groups is 1. The van der Waals surface area contributed by atoms with E-state index in [9.17, 15) is 13.2 Å². The zero-order chi connectivity index (χ0) is 28.2. The second-order valence-electron chi connectivity index (χ2n) is 10.2. The van der Waals surface area contributed by atoms with E-state index in [0.29, 0.717) is 16.1 Å². The summed E-state index contributed by atoms with van der Waals surface area (Å²) in [5, 5.41) is 9.53. The van der Waals surface area contributed by atoms with Gasteiger partial charge in [-0.25, -0.2) is 22.9 Å². The van der Waals surface area contributed by atoms with Crippen LogP contribution in [0.15, 0.2) is 83.9 Å². The van der Waals surface area contributed by atoms with E-state index < -0.39 is 21.6 Å². The second kappa shape index (κ2) is 11.6. The van der Waals surface area contributed by atoms with Crippen LogP contribution in [0.25, 0.3) is 21.0 Å². The number of nitrogens with one attached hydrogen (secondary N) is 4. The number of hydrogen-bond acceptors (Lipinski definition) is 6. The average molecular weight is 564 g/mol. The van der Waals surface area contributed by atoms with E-state index >= 15 is 0 Å². The van der Waals surface area contributed by atoms with E-state index in [4.69, 9.17) is 0 Å². The van der Waals surface area contributed by atoms with Crippen LogP contribution in [-0.4, -0.2) is 32.0 Å². The first-order chi connectivity index (χ1) is 18.4.